The minimum absolute atomic E-state index is 0.0367. The van der Waals surface area contributed by atoms with E-state index < -0.39 is 11.9 Å². The Balaban J connectivity index is 1.62. The Bertz CT molecular complexity index is 931. The van der Waals surface area contributed by atoms with Crippen LogP contribution in [0.3, 0.4) is 0 Å². The third-order valence-corrected chi connectivity index (χ3v) is 3.74. The zero-order chi connectivity index (χ0) is 18.9. The molecule has 0 fully saturated rings. The Kier molecular flexibility index (Phi) is 4.62. The number of alkyl halides is 3. The van der Waals surface area contributed by atoms with Crippen molar-refractivity contribution in [2.75, 3.05) is 6.54 Å². The first-order chi connectivity index (χ1) is 12.2. The molecule has 11 heteroatoms. The summed E-state index contributed by atoms with van der Waals surface area (Å²) in [6.45, 7) is 3.48. The van der Waals surface area contributed by atoms with Crippen LogP contribution < -0.4 is 5.32 Å². The van der Waals surface area contributed by atoms with Gasteiger partial charge < -0.3 is 5.32 Å². The Morgan fingerprint density at radius 2 is 2.12 bits per heavy atom. The van der Waals surface area contributed by atoms with E-state index in [4.69, 9.17) is 0 Å². The van der Waals surface area contributed by atoms with Crippen LogP contribution in [0.5, 0.6) is 0 Å². The number of tetrazole rings is 1. The Morgan fingerprint density at radius 3 is 2.85 bits per heavy atom. The van der Waals surface area contributed by atoms with Crippen LogP contribution in [0.15, 0.2) is 24.4 Å². The Labute approximate surface area is 146 Å². The van der Waals surface area contributed by atoms with Gasteiger partial charge in [-0.25, -0.2) is 0 Å². The van der Waals surface area contributed by atoms with E-state index in [1.807, 2.05) is 0 Å². The van der Waals surface area contributed by atoms with Crippen molar-refractivity contribution < 1.29 is 18.0 Å². The molecule has 0 radical (unpaired) electrons. The first-order valence-electron chi connectivity index (χ1n) is 7.81. The van der Waals surface area contributed by atoms with Crippen molar-refractivity contribution in [3.05, 3.63) is 41.3 Å². The monoisotopic (exact) mass is 367 g/mol. The summed E-state index contributed by atoms with van der Waals surface area (Å²) < 4.78 is 41.3. The van der Waals surface area contributed by atoms with E-state index in [0.717, 1.165) is 10.7 Å². The van der Waals surface area contributed by atoms with Gasteiger partial charge in [-0.15, -0.1) is 5.10 Å². The third-order valence-electron chi connectivity index (χ3n) is 3.74. The molecule has 0 saturated carbocycles. The molecule has 0 aromatic carbocycles. The lowest BCUT2D eigenvalue weighted by molar-refractivity contribution is -0.144. The van der Waals surface area contributed by atoms with Gasteiger partial charge in [0.15, 0.2) is 5.65 Å². The molecule has 3 rings (SSSR count). The number of nitrogens with zero attached hydrogens (tertiary/aromatic N) is 6. The molecule has 1 amide bonds. The molecular formula is C15H16F3N7O. The van der Waals surface area contributed by atoms with Crippen molar-refractivity contribution in [3.63, 3.8) is 0 Å². The van der Waals surface area contributed by atoms with E-state index in [-0.39, 0.29) is 24.9 Å². The number of carbonyl (C=O) groups excluding carboxylic acids is 1. The van der Waals surface area contributed by atoms with E-state index in [9.17, 15) is 18.0 Å². The van der Waals surface area contributed by atoms with Gasteiger partial charge in [0.25, 0.3) is 5.91 Å². The zero-order valence-corrected chi connectivity index (χ0v) is 14.0. The van der Waals surface area contributed by atoms with E-state index in [1.165, 1.54) is 17.6 Å². The van der Waals surface area contributed by atoms with Gasteiger partial charge in [-0.05, 0) is 41.5 Å². The number of halogens is 3. The molecule has 0 aliphatic rings. The predicted molar refractivity (Wildman–Crippen MR) is 84.2 cm³/mol. The molecule has 0 bridgehead atoms. The van der Waals surface area contributed by atoms with Gasteiger partial charge in [0, 0.05) is 19.3 Å². The minimum Gasteiger partial charge on any atom is -0.352 e. The molecule has 3 heterocycles. The van der Waals surface area contributed by atoms with Gasteiger partial charge in [0.05, 0.1) is 11.3 Å². The molecule has 1 atom stereocenters. The van der Waals surface area contributed by atoms with Crippen LogP contribution in [-0.4, -0.2) is 42.3 Å². The molecule has 0 saturated heterocycles. The molecule has 26 heavy (non-hydrogen) atoms. The van der Waals surface area contributed by atoms with E-state index in [2.05, 4.69) is 25.9 Å². The lowest BCUT2D eigenvalue weighted by atomic mass is 10.1. The van der Waals surface area contributed by atoms with Crippen LogP contribution in [0.4, 0.5) is 13.2 Å². The first kappa shape index (κ1) is 17.8. The fraction of sp³-hybridized carbons (Fsp3) is 0.400. The molecule has 3 aromatic heterocycles. The lowest BCUT2D eigenvalue weighted by Gasteiger charge is -2.16. The highest BCUT2D eigenvalue weighted by Gasteiger charge is 2.35. The predicted octanol–water partition coefficient (Wildman–Crippen LogP) is 1.71. The largest absolute Gasteiger partial charge is 0.433 e. The fourth-order valence-electron chi connectivity index (χ4n) is 2.52. The molecule has 8 nitrogen and oxygen atoms in total. The summed E-state index contributed by atoms with van der Waals surface area (Å²) in [6.07, 6.45) is -2.99. The van der Waals surface area contributed by atoms with Crippen molar-refractivity contribution in [2.45, 2.75) is 26.6 Å². The Hall–Kier alpha value is -2.98. The van der Waals surface area contributed by atoms with Crippen LogP contribution in [0.25, 0.3) is 5.65 Å². The van der Waals surface area contributed by atoms with Crippen molar-refractivity contribution in [1.29, 1.82) is 0 Å². The van der Waals surface area contributed by atoms with Gasteiger partial charge in [0.1, 0.15) is 5.69 Å². The molecule has 3 aromatic rings. The first-order valence-corrected chi connectivity index (χ1v) is 7.81. The average molecular weight is 367 g/mol. The number of aryl methyl sites for hydroxylation is 1. The molecule has 1 N–H and O–H groups in total. The molecule has 138 valence electrons. The van der Waals surface area contributed by atoms with Crippen molar-refractivity contribution in [1.82, 2.24) is 35.1 Å². The molecule has 0 spiro atoms. The quantitative estimate of drug-likeness (QED) is 0.742. The van der Waals surface area contributed by atoms with Crippen molar-refractivity contribution in [2.24, 2.45) is 5.92 Å². The van der Waals surface area contributed by atoms with E-state index >= 15 is 0 Å². The van der Waals surface area contributed by atoms with Crippen LogP contribution in [0.1, 0.15) is 28.7 Å². The summed E-state index contributed by atoms with van der Waals surface area (Å²) in [4.78, 5) is 12.2. The lowest BCUT2D eigenvalue weighted by Crippen LogP contribution is -2.31. The van der Waals surface area contributed by atoms with E-state index in [1.54, 1.807) is 19.1 Å². The van der Waals surface area contributed by atoms with Gasteiger partial charge >= 0.3 is 6.18 Å². The molecular weight excluding hydrogens is 351 g/mol. The maximum absolute atomic E-state index is 13.0. The molecule has 1 unspecified atom stereocenters. The third kappa shape index (κ3) is 3.81. The maximum atomic E-state index is 13.0. The van der Waals surface area contributed by atoms with Gasteiger partial charge in [-0.1, -0.05) is 6.92 Å². The number of rotatable bonds is 5. The number of aromatic nitrogens is 6. The summed E-state index contributed by atoms with van der Waals surface area (Å²) in [5, 5.41) is 17.5. The number of pyridine rings is 1. The molecule has 0 aliphatic heterocycles. The SMILES string of the molecule is Cc1cc(C(F)(F)F)n(CC(C)CNC(=O)c2ccc3nnnn3c2)n1. The summed E-state index contributed by atoms with van der Waals surface area (Å²) in [7, 11) is 0. The van der Waals surface area contributed by atoms with Crippen molar-refractivity contribution >= 4 is 11.6 Å². The van der Waals surface area contributed by atoms with Crippen LogP contribution >= 0.6 is 0 Å². The number of carbonyl (C=O) groups is 1. The second-order valence-electron chi connectivity index (χ2n) is 6.07. The minimum atomic E-state index is -4.47. The summed E-state index contributed by atoms with van der Waals surface area (Å²) >= 11 is 0. The number of hydrogen-bond donors (Lipinski definition) is 1. The Morgan fingerprint density at radius 1 is 1.35 bits per heavy atom. The fourth-order valence-corrected chi connectivity index (χ4v) is 2.52. The number of fused-ring (bicyclic) bond motifs is 1. The molecule has 0 aliphatic carbocycles. The number of amides is 1. The maximum Gasteiger partial charge on any atom is 0.433 e. The smallest absolute Gasteiger partial charge is 0.352 e. The summed E-state index contributed by atoms with van der Waals surface area (Å²) in [6, 6.07) is 4.18. The zero-order valence-electron chi connectivity index (χ0n) is 14.0. The number of nitrogens with one attached hydrogen (secondary N) is 1. The summed E-state index contributed by atoms with van der Waals surface area (Å²) in [5.74, 6) is -0.613. The standard InChI is InChI=1S/C15H16F3N7O/c1-9(7-24-12(15(16,17)18)5-10(2)21-24)6-19-14(26)11-3-4-13-20-22-23-25(13)8-11/h3-5,8-9H,6-7H2,1-2H3,(H,19,26). The second kappa shape index (κ2) is 6.73. The van der Waals surface area contributed by atoms with Crippen LogP contribution in [-0.2, 0) is 12.7 Å². The van der Waals surface area contributed by atoms with Gasteiger partial charge in [-0.2, -0.15) is 22.8 Å². The van der Waals surface area contributed by atoms with E-state index in [0.29, 0.717) is 16.9 Å². The van der Waals surface area contributed by atoms with Gasteiger partial charge in [-0.3, -0.25) is 9.48 Å². The normalized spacial score (nSPS) is 13.1. The highest BCUT2D eigenvalue weighted by molar-refractivity contribution is 5.94. The average Bonchev–Trinajstić information content (AvgIpc) is 3.17. The van der Waals surface area contributed by atoms with Crippen molar-refractivity contribution in [3.8, 4) is 0 Å². The van der Waals surface area contributed by atoms with Crippen LogP contribution in [0.2, 0.25) is 0 Å². The highest BCUT2D eigenvalue weighted by Crippen LogP contribution is 2.30. The number of hydrogen-bond acceptors (Lipinski definition) is 5. The second-order valence-corrected chi connectivity index (χ2v) is 6.07. The van der Waals surface area contributed by atoms with Crippen LogP contribution in [0, 0.1) is 12.8 Å². The van der Waals surface area contributed by atoms with Gasteiger partial charge in [0.2, 0.25) is 0 Å². The topological polar surface area (TPSA) is 90.0 Å². The highest BCUT2D eigenvalue weighted by atomic mass is 19.4. The summed E-state index contributed by atoms with van der Waals surface area (Å²) in [5.41, 5.74) is 0.354.